The molecule has 1 aliphatic heterocycles. The number of rotatable bonds is 7. The minimum Gasteiger partial charge on any atom is -0.481 e. The largest absolute Gasteiger partial charge is 0.481 e. The summed E-state index contributed by atoms with van der Waals surface area (Å²) < 4.78 is 0. The summed E-state index contributed by atoms with van der Waals surface area (Å²) in [5, 5.41) is 15.1. The number of nitrogens with one attached hydrogen (secondary N) is 2. The van der Waals surface area contributed by atoms with Crippen molar-refractivity contribution in [1.82, 2.24) is 10.6 Å². The number of hydrogen-bond donors (Lipinski definition) is 3. The molecule has 1 amide bonds. The molecule has 0 spiro atoms. The third-order valence-corrected chi connectivity index (χ3v) is 3.86. The van der Waals surface area contributed by atoms with Crippen molar-refractivity contribution in [3.8, 4) is 0 Å². The van der Waals surface area contributed by atoms with Gasteiger partial charge in [0.2, 0.25) is 5.91 Å². The molecule has 1 aromatic rings. The van der Waals surface area contributed by atoms with Crippen molar-refractivity contribution < 1.29 is 14.7 Å². The molecule has 1 aliphatic rings. The first-order valence-corrected chi connectivity index (χ1v) is 7.42. The highest BCUT2D eigenvalue weighted by Gasteiger charge is 2.20. The lowest BCUT2D eigenvalue weighted by atomic mass is 10.0. The van der Waals surface area contributed by atoms with E-state index in [9.17, 15) is 9.59 Å². The normalized spacial score (nSPS) is 19.1. The number of carbonyl (C=O) groups excluding carboxylic acids is 1. The lowest BCUT2D eigenvalue weighted by Gasteiger charge is -2.18. The zero-order chi connectivity index (χ0) is 15.1. The van der Waals surface area contributed by atoms with E-state index >= 15 is 0 Å². The Morgan fingerprint density at radius 1 is 1.33 bits per heavy atom. The summed E-state index contributed by atoms with van der Waals surface area (Å²) in [6.45, 7) is 2.00. The number of carbonyl (C=O) groups is 2. The van der Waals surface area contributed by atoms with Crippen molar-refractivity contribution >= 4 is 11.9 Å². The van der Waals surface area contributed by atoms with Crippen LogP contribution in [0, 0.1) is 5.92 Å². The van der Waals surface area contributed by atoms with Gasteiger partial charge in [-0.1, -0.05) is 30.3 Å². The minimum absolute atomic E-state index is 0.0722. The van der Waals surface area contributed by atoms with Gasteiger partial charge in [0.1, 0.15) is 0 Å². The zero-order valence-corrected chi connectivity index (χ0v) is 12.0. The predicted molar refractivity (Wildman–Crippen MR) is 79.8 cm³/mol. The average molecular weight is 290 g/mol. The standard InChI is InChI=1S/C16H22N2O3/c19-15(7-6-12-8-9-17-11-12)18-14(10-16(20)21)13-4-2-1-3-5-13/h1-5,12,14,17H,6-11H2,(H,18,19)(H,20,21). The van der Waals surface area contributed by atoms with Gasteiger partial charge in [-0.3, -0.25) is 9.59 Å². The molecule has 5 heteroatoms. The summed E-state index contributed by atoms with van der Waals surface area (Å²) in [5.74, 6) is -0.424. The van der Waals surface area contributed by atoms with Crippen LogP contribution in [-0.4, -0.2) is 30.1 Å². The van der Waals surface area contributed by atoms with Gasteiger partial charge in [0.05, 0.1) is 12.5 Å². The van der Waals surface area contributed by atoms with Gasteiger partial charge in [-0.05, 0) is 37.4 Å². The molecule has 2 unspecified atom stereocenters. The molecule has 0 saturated carbocycles. The predicted octanol–water partition coefficient (Wildman–Crippen LogP) is 1.71. The second kappa shape index (κ2) is 7.78. The molecule has 0 radical (unpaired) electrons. The van der Waals surface area contributed by atoms with Gasteiger partial charge in [0, 0.05) is 6.42 Å². The number of carboxylic acids is 1. The number of amides is 1. The van der Waals surface area contributed by atoms with E-state index in [4.69, 9.17) is 5.11 Å². The van der Waals surface area contributed by atoms with Crippen LogP contribution < -0.4 is 10.6 Å². The fraction of sp³-hybridized carbons (Fsp3) is 0.500. The fourth-order valence-electron chi connectivity index (χ4n) is 2.67. The fourth-order valence-corrected chi connectivity index (χ4v) is 2.67. The average Bonchev–Trinajstić information content (AvgIpc) is 2.98. The first kappa shape index (κ1) is 15.5. The zero-order valence-electron chi connectivity index (χ0n) is 12.0. The number of hydrogen-bond acceptors (Lipinski definition) is 3. The van der Waals surface area contributed by atoms with Crippen LogP contribution in [0.25, 0.3) is 0 Å². The molecule has 2 rings (SSSR count). The van der Waals surface area contributed by atoms with Crippen molar-refractivity contribution in [3.63, 3.8) is 0 Å². The lowest BCUT2D eigenvalue weighted by Crippen LogP contribution is -2.30. The Balaban J connectivity index is 1.88. The van der Waals surface area contributed by atoms with E-state index in [-0.39, 0.29) is 12.3 Å². The first-order valence-electron chi connectivity index (χ1n) is 7.42. The molecule has 1 saturated heterocycles. The molecule has 1 heterocycles. The molecule has 1 fully saturated rings. The van der Waals surface area contributed by atoms with E-state index in [1.807, 2.05) is 30.3 Å². The second-order valence-corrected chi connectivity index (χ2v) is 5.53. The van der Waals surface area contributed by atoms with E-state index < -0.39 is 12.0 Å². The van der Waals surface area contributed by atoms with Crippen LogP contribution >= 0.6 is 0 Å². The van der Waals surface area contributed by atoms with E-state index in [0.29, 0.717) is 12.3 Å². The lowest BCUT2D eigenvalue weighted by molar-refractivity contribution is -0.137. The molecule has 21 heavy (non-hydrogen) atoms. The monoisotopic (exact) mass is 290 g/mol. The van der Waals surface area contributed by atoms with Crippen LogP contribution in [0.5, 0.6) is 0 Å². The van der Waals surface area contributed by atoms with Gasteiger partial charge in [0.15, 0.2) is 0 Å². The Morgan fingerprint density at radius 3 is 2.71 bits per heavy atom. The number of aliphatic carboxylic acids is 1. The Kier molecular flexibility index (Phi) is 5.75. The van der Waals surface area contributed by atoms with Gasteiger partial charge >= 0.3 is 5.97 Å². The Morgan fingerprint density at radius 2 is 2.10 bits per heavy atom. The van der Waals surface area contributed by atoms with Gasteiger partial charge in [-0.2, -0.15) is 0 Å². The molecule has 114 valence electrons. The Bertz CT molecular complexity index is 470. The molecule has 5 nitrogen and oxygen atoms in total. The van der Waals surface area contributed by atoms with Crippen molar-refractivity contribution in [1.29, 1.82) is 0 Å². The summed E-state index contributed by atoms with van der Waals surface area (Å²) in [4.78, 5) is 23.0. The summed E-state index contributed by atoms with van der Waals surface area (Å²) in [5.41, 5.74) is 0.829. The summed E-state index contributed by atoms with van der Waals surface area (Å²) in [6, 6.07) is 8.79. The smallest absolute Gasteiger partial charge is 0.305 e. The third-order valence-electron chi connectivity index (χ3n) is 3.86. The summed E-state index contributed by atoms with van der Waals surface area (Å²) >= 11 is 0. The highest BCUT2D eigenvalue weighted by atomic mass is 16.4. The van der Waals surface area contributed by atoms with Crippen LogP contribution in [0.15, 0.2) is 30.3 Å². The third kappa shape index (κ3) is 5.19. The first-order chi connectivity index (χ1) is 10.1. The number of carboxylic acid groups (broad SMARTS) is 1. The minimum atomic E-state index is -0.913. The topological polar surface area (TPSA) is 78.4 Å². The molecule has 0 aliphatic carbocycles. The Labute approximate surface area is 124 Å². The molecule has 3 N–H and O–H groups in total. The maximum Gasteiger partial charge on any atom is 0.305 e. The van der Waals surface area contributed by atoms with Crippen LogP contribution in [-0.2, 0) is 9.59 Å². The maximum absolute atomic E-state index is 12.0. The van der Waals surface area contributed by atoms with Gasteiger partial charge in [-0.25, -0.2) is 0 Å². The van der Waals surface area contributed by atoms with Crippen molar-refractivity contribution in [2.24, 2.45) is 5.92 Å². The van der Waals surface area contributed by atoms with E-state index in [2.05, 4.69) is 10.6 Å². The highest BCUT2D eigenvalue weighted by molar-refractivity contribution is 5.77. The van der Waals surface area contributed by atoms with Crippen LogP contribution in [0.3, 0.4) is 0 Å². The van der Waals surface area contributed by atoms with Crippen LogP contribution in [0.1, 0.15) is 37.3 Å². The van der Waals surface area contributed by atoms with Crippen molar-refractivity contribution in [2.45, 2.75) is 31.7 Å². The summed E-state index contributed by atoms with van der Waals surface area (Å²) in [6.07, 6.45) is 2.33. The molecule has 0 aromatic heterocycles. The van der Waals surface area contributed by atoms with E-state index in [0.717, 1.165) is 31.5 Å². The highest BCUT2D eigenvalue weighted by Crippen LogP contribution is 2.18. The molecule has 0 bridgehead atoms. The van der Waals surface area contributed by atoms with Gasteiger partial charge in [0.25, 0.3) is 0 Å². The van der Waals surface area contributed by atoms with Crippen LogP contribution in [0.4, 0.5) is 0 Å². The van der Waals surface area contributed by atoms with E-state index in [1.54, 1.807) is 0 Å². The van der Waals surface area contributed by atoms with Crippen molar-refractivity contribution in [2.75, 3.05) is 13.1 Å². The maximum atomic E-state index is 12.0. The quantitative estimate of drug-likeness (QED) is 0.714. The summed E-state index contributed by atoms with van der Waals surface area (Å²) in [7, 11) is 0. The van der Waals surface area contributed by atoms with Gasteiger partial charge in [-0.15, -0.1) is 0 Å². The van der Waals surface area contributed by atoms with E-state index in [1.165, 1.54) is 0 Å². The molecule has 2 atom stereocenters. The van der Waals surface area contributed by atoms with Gasteiger partial charge < -0.3 is 15.7 Å². The Hall–Kier alpha value is -1.88. The molecular formula is C16H22N2O3. The SMILES string of the molecule is O=C(O)CC(NC(=O)CCC1CCNC1)c1ccccc1. The molecule has 1 aromatic carbocycles. The van der Waals surface area contributed by atoms with Crippen molar-refractivity contribution in [3.05, 3.63) is 35.9 Å². The number of benzene rings is 1. The van der Waals surface area contributed by atoms with Crippen LogP contribution in [0.2, 0.25) is 0 Å². The molecular weight excluding hydrogens is 268 g/mol. The second-order valence-electron chi connectivity index (χ2n) is 5.53.